The van der Waals surface area contributed by atoms with Crippen LogP contribution in [-0.2, 0) is 0 Å². The number of hydrogen-bond donors (Lipinski definition) is 0. The average molecular weight is 162 g/mol. The van der Waals surface area contributed by atoms with E-state index in [1.807, 2.05) is 13.8 Å². The van der Waals surface area contributed by atoms with E-state index in [2.05, 4.69) is 0 Å². The maximum absolute atomic E-state index is 13.1. The summed E-state index contributed by atoms with van der Waals surface area (Å²) in [4.78, 5) is 0. The van der Waals surface area contributed by atoms with Crippen LogP contribution in [0.5, 0.6) is 0 Å². The minimum atomic E-state index is -0.904. The van der Waals surface area contributed by atoms with Gasteiger partial charge in [0, 0.05) is 5.92 Å². The molecule has 1 aliphatic carbocycles. The third-order valence-corrected chi connectivity index (χ3v) is 2.56. The zero-order valence-electron chi connectivity index (χ0n) is 7.19. The summed E-state index contributed by atoms with van der Waals surface area (Å²) < 4.78 is 26.2. The molecule has 1 aliphatic rings. The van der Waals surface area contributed by atoms with Gasteiger partial charge in [0.2, 0.25) is 0 Å². The van der Waals surface area contributed by atoms with Crippen LogP contribution in [0, 0.1) is 11.8 Å². The van der Waals surface area contributed by atoms with Crippen molar-refractivity contribution in [2.24, 2.45) is 11.8 Å². The Hall–Kier alpha value is -0.140. The molecule has 2 heteroatoms. The Morgan fingerprint density at radius 2 is 1.55 bits per heavy atom. The lowest BCUT2D eigenvalue weighted by molar-refractivity contribution is 0.0454. The normalized spacial score (nSPS) is 39.5. The summed E-state index contributed by atoms with van der Waals surface area (Å²) in [5.41, 5.74) is 0. The molecule has 0 saturated heterocycles. The summed E-state index contributed by atoms with van der Waals surface area (Å²) >= 11 is 0. The van der Waals surface area contributed by atoms with Crippen LogP contribution in [0.3, 0.4) is 0 Å². The van der Waals surface area contributed by atoms with Crippen molar-refractivity contribution in [1.29, 1.82) is 0 Å². The Balaban J connectivity index is 2.55. The molecule has 0 N–H and O–H groups in total. The second kappa shape index (κ2) is 3.51. The highest BCUT2D eigenvalue weighted by Gasteiger charge is 2.35. The van der Waals surface area contributed by atoms with E-state index >= 15 is 0 Å². The molecule has 0 aromatic heterocycles. The molecule has 2 atom stereocenters. The van der Waals surface area contributed by atoms with Gasteiger partial charge in [-0.3, -0.25) is 0 Å². The number of rotatable bonds is 1. The van der Waals surface area contributed by atoms with Crippen molar-refractivity contribution in [3.05, 3.63) is 0 Å². The molecule has 0 bridgehead atoms. The number of hydrogen-bond acceptors (Lipinski definition) is 0. The first-order chi connectivity index (χ1) is 5.13. The molecule has 0 radical (unpaired) electrons. The number of alkyl halides is 2. The van der Waals surface area contributed by atoms with Gasteiger partial charge in [0.25, 0.3) is 0 Å². The highest BCUT2D eigenvalue weighted by molar-refractivity contribution is 4.83. The maximum Gasteiger partial charge on any atom is 0.106 e. The molecule has 0 heterocycles. The van der Waals surface area contributed by atoms with Crippen LogP contribution >= 0.6 is 0 Å². The zero-order valence-corrected chi connectivity index (χ0v) is 7.19. The average Bonchev–Trinajstić information content (AvgIpc) is 1.85. The molecule has 0 amide bonds. The van der Waals surface area contributed by atoms with Gasteiger partial charge in [-0.1, -0.05) is 13.8 Å². The van der Waals surface area contributed by atoms with Gasteiger partial charge in [-0.15, -0.1) is 0 Å². The molecular formula is C9H16F2. The van der Waals surface area contributed by atoms with E-state index in [0.717, 1.165) is 0 Å². The van der Waals surface area contributed by atoms with Gasteiger partial charge >= 0.3 is 0 Å². The van der Waals surface area contributed by atoms with Crippen LogP contribution in [0.1, 0.15) is 33.1 Å². The van der Waals surface area contributed by atoms with E-state index in [1.54, 1.807) is 0 Å². The second-order valence-electron chi connectivity index (χ2n) is 3.78. The Kier molecular flexibility index (Phi) is 2.85. The molecule has 2 unspecified atom stereocenters. The fourth-order valence-electron chi connectivity index (χ4n) is 1.95. The predicted octanol–water partition coefficient (Wildman–Crippen LogP) is 3.12. The molecule has 0 nitrogen and oxygen atoms in total. The van der Waals surface area contributed by atoms with Crippen molar-refractivity contribution >= 4 is 0 Å². The molecule has 1 saturated carbocycles. The Bertz CT molecular complexity index is 113. The van der Waals surface area contributed by atoms with E-state index in [1.165, 1.54) is 0 Å². The van der Waals surface area contributed by atoms with Gasteiger partial charge in [0.05, 0.1) is 0 Å². The van der Waals surface area contributed by atoms with E-state index in [0.29, 0.717) is 19.3 Å². The fourth-order valence-corrected chi connectivity index (χ4v) is 1.95. The largest absolute Gasteiger partial charge is 0.247 e. The van der Waals surface area contributed by atoms with Crippen molar-refractivity contribution in [1.82, 2.24) is 0 Å². The Morgan fingerprint density at radius 1 is 1.09 bits per heavy atom. The molecule has 0 aliphatic heterocycles. The first-order valence-electron chi connectivity index (χ1n) is 4.41. The SMILES string of the molecule is CC(C)C1C(F)CCCC1F. The lowest BCUT2D eigenvalue weighted by Crippen LogP contribution is -2.34. The van der Waals surface area contributed by atoms with Crippen molar-refractivity contribution in [3.8, 4) is 0 Å². The topological polar surface area (TPSA) is 0 Å². The van der Waals surface area contributed by atoms with Crippen LogP contribution in [0.2, 0.25) is 0 Å². The van der Waals surface area contributed by atoms with Crippen molar-refractivity contribution in [3.63, 3.8) is 0 Å². The molecular weight excluding hydrogens is 146 g/mol. The van der Waals surface area contributed by atoms with Crippen LogP contribution < -0.4 is 0 Å². The third-order valence-electron chi connectivity index (χ3n) is 2.56. The Morgan fingerprint density at radius 3 is 1.82 bits per heavy atom. The van der Waals surface area contributed by atoms with Crippen LogP contribution in [0.4, 0.5) is 8.78 Å². The minimum Gasteiger partial charge on any atom is -0.247 e. The zero-order chi connectivity index (χ0) is 8.43. The van der Waals surface area contributed by atoms with Crippen molar-refractivity contribution in [2.75, 3.05) is 0 Å². The lowest BCUT2D eigenvalue weighted by Gasteiger charge is -2.32. The first kappa shape index (κ1) is 8.95. The highest BCUT2D eigenvalue weighted by atomic mass is 19.1. The van der Waals surface area contributed by atoms with E-state index < -0.39 is 12.3 Å². The van der Waals surface area contributed by atoms with Gasteiger partial charge in [-0.05, 0) is 25.2 Å². The van der Waals surface area contributed by atoms with E-state index in [4.69, 9.17) is 0 Å². The lowest BCUT2D eigenvalue weighted by atomic mass is 9.79. The van der Waals surface area contributed by atoms with Crippen LogP contribution in [0.15, 0.2) is 0 Å². The van der Waals surface area contributed by atoms with Crippen molar-refractivity contribution < 1.29 is 8.78 Å². The van der Waals surface area contributed by atoms with Crippen molar-refractivity contribution in [2.45, 2.75) is 45.5 Å². The maximum atomic E-state index is 13.1. The molecule has 66 valence electrons. The molecule has 11 heavy (non-hydrogen) atoms. The summed E-state index contributed by atoms with van der Waals surface area (Å²) in [7, 11) is 0. The smallest absolute Gasteiger partial charge is 0.106 e. The van der Waals surface area contributed by atoms with Gasteiger partial charge in [0.1, 0.15) is 12.3 Å². The van der Waals surface area contributed by atoms with Gasteiger partial charge in [0.15, 0.2) is 0 Å². The molecule has 1 rings (SSSR count). The van der Waals surface area contributed by atoms with E-state index in [-0.39, 0.29) is 11.8 Å². The van der Waals surface area contributed by atoms with Crippen LogP contribution in [0.25, 0.3) is 0 Å². The van der Waals surface area contributed by atoms with Crippen LogP contribution in [-0.4, -0.2) is 12.3 Å². The third kappa shape index (κ3) is 1.91. The second-order valence-corrected chi connectivity index (χ2v) is 3.78. The summed E-state index contributed by atoms with van der Waals surface area (Å²) in [5, 5.41) is 0. The highest BCUT2D eigenvalue weighted by Crippen LogP contribution is 2.34. The quantitative estimate of drug-likeness (QED) is 0.555. The Labute approximate surface area is 67.0 Å². The number of halogens is 2. The standard InChI is InChI=1S/C9H16F2/c1-6(2)9-7(10)4-3-5-8(9)11/h6-9H,3-5H2,1-2H3. The summed E-state index contributed by atoms with van der Waals surface area (Å²) in [6.45, 7) is 3.80. The van der Waals surface area contributed by atoms with E-state index in [9.17, 15) is 8.78 Å². The molecule has 0 spiro atoms. The summed E-state index contributed by atoms with van der Waals surface area (Å²) in [5.74, 6) is -0.205. The van der Waals surface area contributed by atoms with Gasteiger partial charge in [-0.2, -0.15) is 0 Å². The molecule has 0 aromatic rings. The minimum absolute atomic E-state index is 0.139. The predicted molar refractivity (Wildman–Crippen MR) is 42.0 cm³/mol. The summed E-state index contributed by atoms with van der Waals surface area (Å²) in [6.07, 6.45) is 0.0236. The summed E-state index contributed by atoms with van der Waals surface area (Å²) in [6, 6.07) is 0. The van der Waals surface area contributed by atoms with Gasteiger partial charge in [-0.25, -0.2) is 8.78 Å². The fraction of sp³-hybridized carbons (Fsp3) is 1.00. The first-order valence-corrected chi connectivity index (χ1v) is 4.41. The molecule has 0 aromatic carbocycles. The monoisotopic (exact) mass is 162 g/mol. The molecule has 1 fully saturated rings. The van der Waals surface area contributed by atoms with Gasteiger partial charge < -0.3 is 0 Å².